The molecule has 2 aromatic rings. The van der Waals surface area contributed by atoms with Crippen molar-refractivity contribution >= 4 is 0 Å². The quantitative estimate of drug-likeness (QED) is 0.538. The van der Waals surface area contributed by atoms with Crippen molar-refractivity contribution in [1.29, 1.82) is 0 Å². The van der Waals surface area contributed by atoms with Gasteiger partial charge in [0.05, 0.1) is 0 Å². The molecule has 2 aromatic carbocycles. The summed E-state index contributed by atoms with van der Waals surface area (Å²) in [4.78, 5) is 0. The van der Waals surface area contributed by atoms with E-state index in [1.54, 1.807) is 0 Å². The zero-order valence-electron chi connectivity index (χ0n) is 18.5. The van der Waals surface area contributed by atoms with Crippen molar-refractivity contribution in [3.8, 4) is 11.5 Å². The number of hydrogen-bond donors (Lipinski definition) is 1. The third-order valence-electron chi connectivity index (χ3n) is 4.82. The van der Waals surface area contributed by atoms with Gasteiger partial charge in [0.2, 0.25) is 6.29 Å². The maximum atomic E-state index is 6.47. The first-order chi connectivity index (χ1) is 13.0. The van der Waals surface area contributed by atoms with E-state index in [-0.39, 0.29) is 11.0 Å². The minimum Gasteiger partial charge on any atom is -0.454 e. The molecule has 3 heteroatoms. The summed E-state index contributed by atoms with van der Waals surface area (Å²) in [5, 5.41) is 0. The summed E-state index contributed by atoms with van der Waals surface area (Å²) >= 11 is 0. The molecule has 154 valence electrons. The van der Waals surface area contributed by atoms with E-state index >= 15 is 0 Å². The first kappa shape index (κ1) is 22.3. The second-order valence-electron chi connectivity index (χ2n) is 9.82. The van der Waals surface area contributed by atoms with Crippen molar-refractivity contribution in [3.05, 3.63) is 60.2 Å². The van der Waals surface area contributed by atoms with Gasteiger partial charge < -0.3 is 15.2 Å². The fraction of sp³-hybridized carbons (Fsp3) is 0.520. The number of para-hydroxylation sites is 1. The van der Waals surface area contributed by atoms with Crippen LogP contribution in [0.4, 0.5) is 0 Å². The van der Waals surface area contributed by atoms with E-state index in [4.69, 9.17) is 15.2 Å². The Morgan fingerprint density at radius 1 is 0.786 bits per heavy atom. The Morgan fingerprint density at radius 2 is 1.29 bits per heavy atom. The Kier molecular flexibility index (Phi) is 7.16. The maximum Gasteiger partial charge on any atom is 0.245 e. The lowest BCUT2D eigenvalue weighted by atomic mass is 9.77. The zero-order chi connectivity index (χ0) is 20.9. The number of nitrogens with two attached hydrogens (primary N) is 1. The van der Waals surface area contributed by atoms with Gasteiger partial charge in [0.25, 0.3) is 0 Å². The molecule has 0 spiro atoms. The molecule has 0 aliphatic rings. The lowest BCUT2D eigenvalue weighted by Gasteiger charge is -2.33. The minimum absolute atomic E-state index is 0.173. The molecule has 2 atom stereocenters. The van der Waals surface area contributed by atoms with E-state index in [2.05, 4.69) is 60.6 Å². The van der Waals surface area contributed by atoms with Crippen LogP contribution in [0.3, 0.4) is 0 Å². The Hall–Kier alpha value is -2.00. The molecule has 0 amide bonds. The van der Waals surface area contributed by atoms with E-state index in [1.807, 2.05) is 42.5 Å². The maximum absolute atomic E-state index is 6.47. The van der Waals surface area contributed by atoms with E-state index in [1.165, 1.54) is 5.56 Å². The first-order valence-corrected chi connectivity index (χ1v) is 10.2. The number of ether oxygens (including phenoxy) is 2. The summed E-state index contributed by atoms with van der Waals surface area (Å²) in [5.74, 6) is 2.51. The lowest BCUT2D eigenvalue weighted by Crippen LogP contribution is -2.40. The molecule has 0 aliphatic heterocycles. The molecule has 2 N–H and O–H groups in total. The van der Waals surface area contributed by atoms with Crippen LogP contribution in [0.15, 0.2) is 54.6 Å². The predicted molar refractivity (Wildman–Crippen MR) is 118 cm³/mol. The highest BCUT2D eigenvalue weighted by Crippen LogP contribution is 2.34. The number of benzene rings is 2. The van der Waals surface area contributed by atoms with E-state index < -0.39 is 6.29 Å². The second-order valence-corrected chi connectivity index (χ2v) is 9.82. The third kappa shape index (κ3) is 6.56. The Bertz CT molecular complexity index is 709. The Labute approximate surface area is 171 Å². The van der Waals surface area contributed by atoms with Gasteiger partial charge in [-0.1, -0.05) is 65.0 Å². The van der Waals surface area contributed by atoms with Gasteiger partial charge in [-0.05, 0) is 56.0 Å². The average Bonchev–Trinajstić information content (AvgIpc) is 2.59. The van der Waals surface area contributed by atoms with Crippen LogP contribution in [0.5, 0.6) is 11.5 Å². The number of hydrogen-bond acceptors (Lipinski definition) is 3. The van der Waals surface area contributed by atoms with Crippen LogP contribution in [0.1, 0.15) is 66.4 Å². The molecule has 3 nitrogen and oxygen atoms in total. The molecule has 0 aromatic heterocycles. The van der Waals surface area contributed by atoms with Crippen LogP contribution in [0.25, 0.3) is 0 Å². The van der Waals surface area contributed by atoms with Crippen molar-refractivity contribution in [2.75, 3.05) is 0 Å². The molecule has 0 radical (unpaired) electrons. The molecule has 0 fully saturated rings. The molecule has 0 aliphatic carbocycles. The van der Waals surface area contributed by atoms with Crippen LogP contribution in [0.2, 0.25) is 0 Å². The zero-order valence-corrected chi connectivity index (χ0v) is 18.5. The van der Waals surface area contributed by atoms with Gasteiger partial charge in [0.1, 0.15) is 11.5 Å². The average molecular weight is 384 g/mol. The molecule has 0 heterocycles. The Balaban J connectivity index is 2.18. The van der Waals surface area contributed by atoms with Crippen LogP contribution in [-0.4, -0.2) is 11.8 Å². The van der Waals surface area contributed by atoms with Gasteiger partial charge in [0.15, 0.2) is 0 Å². The van der Waals surface area contributed by atoms with Crippen molar-refractivity contribution in [1.82, 2.24) is 0 Å². The normalized spacial score (nSPS) is 14.6. The summed E-state index contributed by atoms with van der Waals surface area (Å²) in [6.45, 7) is 15.0. The standard InChI is InChI=1S/C25H37NO2/c1-18(2)17-22(25(6,7)26)19-13-15-21(16-14-19)28-23(24(3,4)5)27-20-11-9-8-10-12-20/h8-16,18,22-23H,17,26H2,1-7H3. The summed E-state index contributed by atoms with van der Waals surface area (Å²) in [5.41, 5.74) is 7.29. The van der Waals surface area contributed by atoms with Crippen LogP contribution >= 0.6 is 0 Å². The van der Waals surface area contributed by atoms with Gasteiger partial charge >= 0.3 is 0 Å². The minimum atomic E-state index is -0.391. The summed E-state index contributed by atoms with van der Waals surface area (Å²) in [6, 6.07) is 18.1. The van der Waals surface area contributed by atoms with Gasteiger partial charge in [0, 0.05) is 16.9 Å². The van der Waals surface area contributed by atoms with E-state index in [9.17, 15) is 0 Å². The van der Waals surface area contributed by atoms with E-state index in [0.717, 1.165) is 17.9 Å². The number of rotatable bonds is 8. The first-order valence-electron chi connectivity index (χ1n) is 10.2. The molecule has 0 saturated heterocycles. The van der Waals surface area contributed by atoms with E-state index in [0.29, 0.717) is 11.8 Å². The Morgan fingerprint density at radius 3 is 1.71 bits per heavy atom. The van der Waals surface area contributed by atoms with Crippen LogP contribution in [-0.2, 0) is 0 Å². The molecule has 28 heavy (non-hydrogen) atoms. The summed E-state index contributed by atoms with van der Waals surface area (Å²) in [6.07, 6.45) is 0.670. The SMILES string of the molecule is CC(C)CC(c1ccc(OC(Oc2ccccc2)C(C)(C)C)cc1)C(C)(C)N. The molecular formula is C25H37NO2. The molecule has 0 saturated carbocycles. The van der Waals surface area contributed by atoms with Crippen molar-refractivity contribution < 1.29 is 9.47 Å². The molecule has 2 unspecified atom stereocenters. The molecule has 2 rings (SSSR count). The summed E-state index contributed by atoms with van der Waals surface area (Å²) < 4.78 is 12.4. The van der Waals surface area contributed by atoms with Crippen molar-refractivity contribution in [2.24, 2.45) is 17.1 Å². The van der Waals surface area contributed by atoms with Gasteiger partial charge in [-0.25, -0.2) is 0 Å². The fourth-order valence-corrected chi connectivity index (χ4v) is 3.24. The smallest absolute Gasteiger partial charge is 0.245 e. The van der Waals surface area contributed by atoms with Gasteiger partial charge in [-0.2, -0.15) is 0 Å². The summed E-state index contributed by atoms with van der Waals surface area (Å²) in [7, 11) is 0. The predicted octanol–water partition coefficient (Wildman–Crippen LogP) is 6.38. The van der Waals surface area contributed by atoms with Gasteiger partial charge in [-0.3, -0.25) is 0 Å². The van der Waals surface area contributed by atoms with Crippen molar-refractivity contribution in [3.63, 3.8) is 0 Å². The highest BCUT2D eigenvalue weighted by Gasteiger charge is 2.30. The molecule has 0 bridgehead atoms. The highest BCUT2D eigenvalue weighted by atomic mass is 16.7. The third-order valence-corrected chi connectivity index (χ3v) is 4.82. The monoisotopic (exact) mass is 383 g/mol. The fourth-order valence-electron chi connectivity index (χ4n) is 3.24. The topological polar surface area (TPSA) is 44.5 Å². The molecular weight excluding hydrogens is 346 g/mol. The second kappa shape index (κ2) is 9.00. The lowest BCUT2D eigenvalue weighted by molar-refractivity contribution is -0.0727. The van der Waals surface area contributed by atoms with Crippen LogP contribution < -0.4 is 15.2 Å². The van der Waals surface area contributed by atoms with Crippen LogP contribution in [0, 0.1) is 11.3 Å². The highest BCUT2D eigenvalue weighted by molar-refractivity contribution is 5.31. The van der Waals surface area contributed by atoms with Crippen molar-refractivity contribution in [2.45, 2.75) is 72.6 Å². The van der Waals surface area contributed by atoms with Gasteiger partial charge in [-0.15, -0.1) is 0 Å². The largest absolute Gasteiger partial charge is 0.454 e.